The van der Waals surface area contributed by atoms with Crippen molar-refractivity contribution in [2.45, 2.75) is 37.6 Å². The molecule has 47 heavy (non-hydrogen) atoms. The molecule has 7 rings (SSSR count). The van der Waals surface area contributed by atoms with Crippen LogP contribution in [0.3, 0.4) is 0 Å². The van der Waals surface area contributed by atoms with Crippen molar-refractivity contribution in [2.75, 3.05) is 0 Å². The van der Waals surface area contributed by atoms with Gasteiger partial charge in [-0.3, -0.25) is 0 Å². The van der Waals surface area contributed by atoms with Crippen LogP contribution in [0, 0.1) is 0 Å². The van der Waals surface area contributed by atoms with E-state index in [4.69, 9.17) is 18.9 Å². The van der Waals surface area contributed by atoms with Crippen molar-refractivity contribution < 1.29 is 38.4 Å². The Labute approximate surface area is 270 Å². The highest BCUT2D eigenvalue weighted by Gasteiger charge is 2.51. The third-order valence-electron chi connectivity index (χ3n) is 8.50. The van der Waals surface area contributed by atoms with Gasteiger partial charge in [-0.05, 0) is 57.4 Å². The molecule has 5 atom stereocenters. The predicted molar refractivity (Wildman–Crippen MR) is 176 cm³/mol. The maximum Gasteiger partial charge on any atom is 0.339 e. The zero-order valence-corrected chi connectivity index (χ0v) is 25.3. The number of benzene rings is 6. The van der Waals surface area contributed by atoms with Gasteiger partial charge in [0, 0.05) is 0 Å². The minimum atomic E-state index is -1.69. The molecule has 0 bridgehead atoms. The second-order valence-electron chi connectivity index (χ2n) is 11.4. The summed E-state index contributed by atoms with van der Waals surface area (Å²) in [6.45, 7) is 1.59. The topological polar surface area (TPSA) is 108 Å². The van der Waals surface area contributed by atoms with Crippen molar-refractivity contribution >= 4 is 50.2 Å². The number of carbonyl (C=O) groups is 3. The van der Waals surface area contributed by atoms with Crippen LogP contribution in [-0.4, -0.2) is 53.7 Å². The summed E-state index contributed by atoms with van der Waals surface area (Å²) in [5, 5.41) is 15.6. The highest BCUT2D eigenvalue weighted by Crippen LogP contribution is 2.32. The fourth-order valence-corrected chi connectivity index (χ4v) is 6.18. The lowest BCUT2D eigenvalue weighted by Gasteiger charge is -2.42. The van der Waals surface area contributed by atoms with E-state index in [0.29, 0.717) is 21.7 Å². The molecule has 0 saturated carbocycles. The lowest BCUT2D eigenvalue weighted by molar-refractivity contribution is -0.275. The quantitative estimate of drug-likeness (QED) is 0.158. The Morgan fingerprint density at radius 1 is 0.489 bits per heavy atom. The van der Waals surface area contributed by atoms with E-state index in [0.717, 1.165) is 16.2 Å². The summed E-state index contributed by atoms with van der Waals surface area (Å²) >= 11 is 0. The number of esters is 3. The second-order valence-corrected chi connectivity index (χ2v) is 11.4. The number of hydrogen-bond donors (Lipinski definition) is 1. The first-order chi connectivity index (χ1) is 22.9. The monoisotopic (exact) mass is 626 g/mol. The molecule has 0 aliphatic carbocycles. The van der Waals surface area contributed by atoms with Gasteiger partial charge in [0.1, 0.15) is 0 Å². The lowest BCUT2D eigenvalue weighted by Crippen LogP contribution is -2.60. The zero-order chi connectivity index (χ0) is 32.5. The molecule has 0 spiro atoms. The second kappa shape index (κ2) is 12.7. The third kappa shape index (κ3) is 5.80. The van der Waals surface area contributed by atoms with Crippen LogP contribution in [0.1, 0.15) is 38.0 Å². The minimum absolute atomic E-state index is 0.248. The van der Waals surface area contributed by atoms with E-state index < -0.39 is 48.6 Å². The van der Waals surface area contributed by atoms with E-state index in [1.54, 1.807) is 61.5 Å². The van der Waals surface area contributed by atoms with Gasteiger partial charge in [-0.15, -0.1) is 0 Å². The van der Waals surface area contributed by atoms with E-state index in [1.165, 1.54) is 0 Å². The lowest BCUT2D eigenvalue weighted by atomic mass is 9.97. The summed E-state index contributed by atoms with van der Waals surface area (Å²) in [4.78, 5) is 41.3. The molecule has 8 nitrogen and oxygen atoms in total. The summed E-state index contributed by atoms with van der Waals surface area (Å²) < 4.78 is 23.7. The van der Waals surface area contributed by atoms with Crippen LogP contribution in [-0.2, 0) is 18.9 Å². The Kier molecular flexibility index (Phi) is 8.12. The molecule has 6 aromatic carbocycles. The van der Waals surface area contributed by atoms with Crippen molar-refractivity contribution in [2.24, 2.45) is 0 Å². The van der Waals surface area contributed by atoms with Gasteiger partial charge in [-0.25, -0.2) is 14.4 Å². The summed E-state index contributed by atoms with van der Waals surface area (Å²) in [6, 6.07) is 37.7. The van der Waals surface area contributed by atoms with Gasteiger partial charge in [-0.1, -0.05) is 109 Å². The molecule has 1 aliphatic heterocycles. The number of aliphatic hydroxyl groups is 1. The smallest absolute Gasteiger partial charge is 0.339 e. The molecular weight excluding hydrogens is 596 g/mol. The summed E-state index contributed by atoms with van der Waals surface area (Å²) in [5.41, 5.74) is 0.803. The number of fused-ring (bicyclic) bond motifs is 3. The average molecular weight is 627 g/mol. The maximum absolute atomic E-state index is 13.9. The molecule has 1 aliphatic rings. The van der Waals surface area contributed by atoms with Crippen LogP contribution < -0.4 is 0 Å². The van der Waals surface area contributed by atoms with Crippen molar-refractivity contribution in [3.05, 3.63) is 144 Å². The highest BCUT2D eigenvalue weighted by atomic mass is 16.7. The van der Waals surface area contributed by atoms with Crippen molar-refractivity contribution in [3.63, 3.8) is 0 Å². The van der Waals surface area contributed by atoms with Crippen LogP contribution in [0.25, 0.3) is 32.3 Å². The first kappa shape index (κ1) is 30.1. The molecule has 234 valence electrons. The Morgan fingerprint density at radius 3 is 1.26 bits per heavy atom. The van der Waals surface area contributed by atoms with Crippen molar-refractivity contribution in [3.8, 4) is 0 Å². The molecule has 1 unspecified atom stereocenters. The number of ether oxygens (including phenoxy) is 4. The highest BCUT2D eigenvalue weighted by molar-refractivity contribution is 6.06. The van der Waals surface area contributed by atoms with Gasteiger partial charge < -0.3 is 24.1 Å². The van der Waals surface area contributed by atoms with Gasteiger partial charge >= 0.3 is 17.9 Å². The molecule has 0 aromatic heterocycles. The van der Waals surface area contributed by atoms with Crippen LogP contribution in [0.5, 0.6) is 0 Å². The number of carbonyl (C=O) groups excluding carboxylic acids is 3. The number of aliphatic hydroxyl groups excluding tert-OH is 1. The Balaban J connectivity index is 1.26. The molecule has 0 amide bonds. The first-order valence-electron chi connectivity index (χ1n) is 15.3. The summed E-state index contributed by atoms with van der Waals surface area (Å²) in [5.74, 6) is -2.20. The first-order valence-corrected chi connectivity index (χ1v) is 15.3. The van der Waals surface area contributed by atoms with Crippen LogP contribution in [0.2, 0.25) is 0 Å². The summed E-state index contributed by atoms with van der Waals surface area (Å²) in [7, 11) is 0. The van der Waals surface area contributed by atoms with Gasteiger partial charge in [-0.2, -0.15) is 0 Å². The third-order valence-corrected chi connectivity index (χ3v) is 8.50. The SMILES string of the molecule is C[C@@H]1OC(O)[C@H](OC(=O)c2cccc3ccccc23)[C@H](OC(=O)c2cccc3ccccc23)[C@H]1OC(=O)c1cccc2ccccc12. The fraction of sp³-hybridized carbons (Fsp3) is 0.154. The molecule has 1 N–H and O–H groups in total. The van der Waals surface area contributed by atoms with Crippen LogP contribution >= 0.6 is 0 Å². The van der Waals surface area contributed by atoms with Gasteiger partial charge in [0.05, 0.1) is 22.8 Å². The molecule has 6 aromatic rings. The number of rotatable bonds is 6. The molecule has 1 fully saturated rings. The predicted octanol–water partition coefficient (Wildman–Crippen LogP) is 6.86. The Bertz CT molecular complexity index is 2020. The van der Waals surface area contributed by atoms with E-state index in [9.17, 15) is 19.5 Å². The summed E-state index contributed by atoms with van der Waals surface area (Å²) in [6.07, 6.45) is -6.86. The van der Waals surface area contributed by atoms with E-state index in [2.05, 4.69) is 0 Å². The largest absolute Gasteiger partial charge is 0.452 e. The van der Waals surface area contributed by atoms with Gasteiger partial charge in [0.2, 0.25) is 0 Å². The normalized spacial score (nSPS) is 20.9. The molecule has 1 heterocycles. The van der Waals surface area contributed by atoms with E-state index in [1.807, 2.05) is 72.8 Å². The Hall–Kier alpha value is -5.57. The minimum Gasteiger partial charge on any atom is -0.452 e. The van der Waals surface area contributed by atoms with Crippen LogP contribution in [0.4, 0.5) is 0 Å². The van der Waals surface area contributed by atoms with E-state index >= 15 is 0 Å². The zero-order valence-electron chi connectivity index (χ0n) is 25.3. The number of hydrogen-bond acceptors (Lipinski definition) is 8. The molecular formula is C39H30O8. The average Bonchev–Trinajstić information content (AvgIpc) is 3.10. The van der Waals surface area contributed by atoms with Crippen molar-refractivity contribution in [1.82, 2.24) is 0 Å². The fourth-order valence-electron chi connectivity index (χ4n) is 6.18. The van der Waals surface area contributed by atoms with Crippen LogP contribution in [0.15, 0.2) is 127 Å². The van der Waals surface area contributed by atoms with Crippen molar-refractivity contribution in [1.29, 1.82) is 0 Å². The van der Waals surface area contributed by atoms with E-state index in [-0.39, 0.29) is 11.1 Å². The Morgan fingerprint density at radius 2 is 0.830 bits per heavy atom. The van der Waals surface area contributed by atoms with Gasteiger partial charge in [0.25, 0.3) is 0 Å². The van der Waals surface area contributed by atoms with Gasteiger partial charge in [0.15, 0.2) is 24.6 Å². The molecule has 1 saturated heterocycles. The standard InChI is InChI=1S/C39H30O8/c1-23-33(45-36(40)30-20-8-14-24-11-2-5-17-27(24)30)34(46-37(41)31-21-9-15-25-12-3-6-18-28(25)31)35(39(43)44-23)47-38(42)32-22-10-16-26-13-4-7-19-29(26)32/h2-23,33-35,39,43H,1H3/t23-,33-,34+,35+,39?/m0/s1. The molecule has 8 heteroatoms. The maximum atomic E-state index is 13.9. The molecule has 0 radical (unpaired) electrons.